The Morgan fingerprint density at radius 2 is 2.24 bits per heavy atom. The number of ether oxygens (including phenoxy) is 1. The van der Waals surface area contributed by atoms with Crippen LogP contribution in [0.15, 0.2) is 36.9 Å². The summed E-state index contributed by atoms with van der Waals surface area (Å²) in [5.74, 6) is 0.970. The fourth-order valence-corrected chi connectivity index (χ4v) is 3.75. The van der Waals surface area contributed by atoms with E-state index in [-0.39, 0.29) is 23.8 Å². The van der Waals surface area contributed by atoms with Crippen LogP contribution >= 0.6 is 0 Å². The van der Waals surface area contributed by atoms with Crippen LogP contribution < -0.4 is 4.74 Å². The quantitative estimate of drug-likeness (QED) is 0.801. The van der Waals surface area contributed by atoms with E-state index in [2.05, 4.69) is 4.98 Å². The van der Waals surface area contributed by atoms with E-state index in [1.807, 2.05) is 30.0 Å². The third-order valence-corrected chi connectivity index (χ3v) is 5.08. The van der Waals surface area contributed by atoms with Crippen LogP contribution in [0.1, 0.15) is 35.2 Å². The molecule has 3 heterocycles. The Morgan fingerprint density at radius 1 is 1.36 bits per heavy atom. The number of aromatic nitrogens is 2. The molecule has 2 aromatic rings. The topological polar surface area (TPSA) is 64.4 Å². The number of benzene rings is 1. The zero-order valence-electron chi connectivity index (χ0n) is 14.2. The molecule has 1 aromatic heterocycles. The first kappa shape index (κ1) is 15.9. The van der Waals surface area contributed by atoms with E-state index in [1.54, 1.807) is 12.4 Å². The third-order valence-electron chi connectivity index (χ3n) is 5.08. The second-order valence-electron chi connectivity index (χ2n) is 6.88. The lowest BCUT2D eigenvalue weighted by atomic mass is 9.86. The van der Waals surface area contributed by atoms with Gasteiger partial charge in [0, 0.05) is 37.8 Å². The van der Waals surface area contributed by atoms with Gasteiger partial charge in [-0.05, 0) is 31.9 Å². The van der Waals surface area contributed by atoms with Crippen molar-refractivity contribution < 1.29 is 14.3 Å². The molecule has 2 atom stereocenters. The molecule has 0 N–H and O–H groups in total. The van der Waals surface area contributed by atoms with Crippen molar-refractivity contribution in [2.45, 2.75) is 32.3 Å². The van der Waals surface area contributed by atoms with E-state index in [0.717, 1.165) is 24.9 Å². The Labute approximate surface area is 146 Å². The van der Waals surface area contributed by atoms with Crippen molar-refractivity contribution in [1.29, 1.82) is 0 Å². The number of rotatable bonds is 1. The molecule has 2 aliphatic rings. The number of amides is 1. The zero-order chi connectivity index (χ0) is 17.4. The highest BCUT2D eigenvalue weighted by atomic mass is 16.5. The van der Waals surface area contributed by atoms with Crippen molar-refractivity contribution in [3.8, 4) is 5.75 Å². The molecule has 6 heteroatoms. The number of hydrogen-bond donors (Lipinski definition) is 0. The average molecular weight is 339 g/mol. The molecule has 1 fully saturated rings. The summed E-state index contributed by atoms with van der Waals surface area (Å²) >= 11 is 0. The zero-order valence-corrected chi connectivity index (χ0v) is 14.2. The molecule has 0 aliphatic carbocycles. The summed E-state index contributed by atoms with van der Waals surface area (Å²) in [5, 5.41) is 0. The fraction of sp³-hybridized carbons (Fsp3) is 0.421. The summed E-state index contributed by atoms with van der Waals surface area (Å²) in [6, 6.07) is 5.67. The molecule has 25 heavy (non-hydrogen) atoms. The summed E-state index contributed by atoms with van der Waals surface area (Å²) < 4.78 is 7.63. The van der Waals surface area contributed by atoms with Gasteiger partial charge in [0.1, 0.15) is 18.2 Å². The lowest BCUT2D eigenvalue weighted by molar-refractivity contribution is 0.0550. The number of carbonyl (C=O) groups is 2. The van der Waals surface area contributed by atoms with E-state index in [9.17, 15) is 9.59 Å². The number of fused-ring (bicyclic) bond motifs is 1. The van der Waals surface area contributed by atoms with Gasteiger partial charge < -0.3 is 9.64 Å². The predicted molar refractivity (Wildman–Crippen MR) is 91.9 cm³/mol. The standard InChI is InChI=1S/C19H21N3O3/c1-13-4-5-17-15(9-13)16(23)10-18(25-17)14-3-2-7-21(11-14)19(24)22-8-6-20-12-22/h4-6,8-9,12,14,18H,2-3,7,10-11H2,1H3/t14-,18+/m0/s1. The SMILES string of the molecule is Cc1ccc2c(c1)C(=O)C[C@H]([C@H]1CCCN(C(=O)n3ccnc3)C1)O2. The molecule has 130 valence electrons. The van der Waals surface area contributed by atoms with Gasteiger partial charge in [0.05, 0.1) is 5.56 Å². The summed E-state index contributed by atoms with van der Waals surface area (Å²) in [6.07, 6.45) is 6.87. The normalized spacial score (nSPS) is 23.1. The van der Waals surface area contributed by atoms with Gasteiger partial charge in [-0.3, -0.25) is 9.36 Å². The van der Waals surface area contributed by atoms with Gasteiger partial charge in [0.15, 0.2) is 5.78 Å². The molecule has 1 amide bonds. The molecule has 6 nitrogen and oxygen atoms in total. The first-order valence-corrected chi connectivity index (χ1v) is 8.69. The first-order chi connectivity index (χ1) is 12.1. The van der Waals surface area contributed by atoms with Crippen molar-refractivity contribution in [3.63, 3.8) is 0 Å². The van der Waals surface area contributed by atoms with Crippen LogP contribution in [0.2, 0.25) is 0 Å². The predicted octanol–water partition coefficient (Wildman–Crippen LogP) is 2.91. The van der Waals surface area contributed by atoms with E-state index in [0.29, 0.717) is 24.3 Å². The monoisotopic (exact) mass is 339 g/mol. The molecule has 2 aliphatic heterocycles. The molecule has 0 radical (unpaired) electrons. The highest BCUT2D eigenvalue weighted by Crippen LogP contribution is 2.33. The van der Waals surface area contributed by atoms with Crippen molar-refractivity contribution in [3.05, 3.63) is 48.0 Å². The van der Waals surface area contributed by atoms with Gasteiger partial charge in [0.2, 0.25) is 0 Å². The molecule has 0 spiro atoms. The average Bonchev–Trinajstić information content (AvgIpc) is 3.16. The molecule has 1 aromatic carbocycles. The molecule has 0 unspecified atom stereocenters. The highest BCUT2D eigenvalue weighted by Gasteiger charge is 2.36. The summed E-state index contributed by atoms with van der Waals surface area (Å²) in [4.78, 5) is 30.8. The third kappa shape index (κ3) is 3.04. The van der Waals surface area contributed by atoms with Crippen molar-refractivity contribution in [2.75, 3.05) is 13.1 Å². The molecular formula is C19H21N3O3. The van der Waals surface area contributed by atoms with Gasteiger partial charge in [-0.15, -0.1) is 0 Å². The molecule has 4 rings (SSSR count). The van der Waals surface area contributed by atoms with Crippen molar-refractivity contribution in [2.24, 2.45) is 5.92 Å². The number of carbonyl (C=O) groups excluding carboxylic acids is 2. The minimum atomic E-state index is -0.166. The summed E-state index contributed by atoms with van der Waals surface area (Å²) in [6.45, 7) is 3.31. The summed E-state index contributed by atoms with van der Waals surface area (Å²) in [7, 11) is 0. The fourth-order valence-electron chi connectivity index (χ4n) is 3.75. The van der Waals surface area contributed by atoms with Crippen LogP contribution in [0, 0.1) is 12.8 Å². The number of likely N-dealkylation sites (tertiary alicyclic amines) is 1. The van der Waals surface area contributed by atoms with Crippen LogP contribution in [-0.4, -0.2) is 45.5 Å². The number of Topliss-reactive ketones (excluding diaryl/α,β-unsaturated/α-hetero) is 1. The molecule has 1 saturated heterocycles. The Kier molecular flexibility index (Phi) is 4.03. The maximum absolute atomic E-state index is 12.5. The van der Waals surface area contributed by atoms with Crippen LogP contribution in [0.5, 0.6) is 5.75 Å². The highest BCUT2D eigenvalue weighted by molar-refractivity contribution is 6.00. The Morgan fingerprint density at radius 3 is 3.04 bits per heavy atom. The van der Waals surface area contributed by atoms with Crippen molar-refractivity contribution in [1.82, 2.24) is 14.5 Å². The summed E-state index contributed by atoms with van der Waals surface area (Å²) in [5.41, 5.74) is 1.74. The number of aryl methyl sites for hydroxylation is 1. The first-order valence-electron chi connectivity index (χ1n) is 8.69. The van der Waals surface area contributed by atoms with Gasteiger partial charge in [-0.2, -0.15) is 0 Å². The second-order valence-corrected chi connectivity index (χ2v) is 6.88. The van der Waals surface area contributed by atoms with Gasteiger partial charge in [-0.25, -0.2) is 9.78 Å². The smallest absolute Gasteiger partial charge is 0.329 e. The van der Waals surface area contributed by atoms with Crippen molar-refractivity contribution >= 4 is 11.8 Å². The van der Waals surface area contributed by atoms with E-state index < -0.39 is 0 Å². The Bertz CT molecular complexity index is 800. The number of hydrogen-bond acceptors (Lipinski definition) is 4. The van der Waals surface area contributed by atoms with E-state index in [4.69, 9.17) is 4.74 Å². The van der Waals surface area contributed by atoms with Gasteiger partial charge >= 0.3 is 6.03 Å². The van der Waals surface area contributed by atoms with Crippen LogP contribution in [0.25, 0.3) is 0 Å². The largest absolute Gasteiger partial charge is 0.489 e. The maximum atomic E-state index is 12.5. The van der Waals surface area contributed by atoms with Gasteiger partial charge in [-0.1, -0.05) is 11.6 Å². The molecule has 0 saturated carbocycles. The Balaban J connectivity index is 1.49. The van der Waals surface area contributed by atoms with Gasteiger partial charge in [0.25, 0.3) is 0 Å². The lowest BCUT2D eigenvalue weighted by Crippen LogP contribution is -2.47. The minimum absolute atomic E-state index is 0.0691. The second kappa shape index (κ2) is 6.35. The van der Waals surface area contributed by atoms with E-state index in [1.165, 1.54) is 10.9 Å². The number of nitrogens with zero attached hydrogens (tertiary/aromatic N) is 3. The number of ketones is 1. The molecule has 0 bridgehead atoms. The number of piperidine rings is 1. The number of imidazole rings is 1. The lowest BCUT2D eigenvalue weighted by Gasteiger charge is -2.38. The maximum Gasteiger partial charge on any atom is 0.329 e. The van der Waals surface area contributed by atoms with E-state index >= 15 is 0 Å². The van der Waals surface area contributed by atoms with Crippen LogP contribution in [0.3, 0.4) is 0 Å². The van der Waals surface area contributed by atoms with Crippen LogP contribution in [0.4, 0.5) is 4.79 Å². The minimum Gasteiger partial charge on any atom is -0.489 e. The van der Waals surface area contributed by atoms with Crippen LogP contribution in [-0.2, 0) is 0 Å². The molecular weight excluding hydrogens is 318 g/mol. The Hall–Kier alpha value is -2.63.